The average Bonchev–Trinajstić information content (AvgIpc) is 2.93. The third-order valence-electron chi connectivity index (χ3n) is 2.47. The van der Waals surface area contributed by atoms with Crippen molar-refractivity contribution in [1.29, 1.82) is 5.26 Å². The van der Waals surface area contributed by atoms with Crippen molar-refractivity contribution in [1.82, 2.24) is 24.4 Å². The first-order chi connectivity index (χ1) is 8.28. The minimum absolute atomic E-state index is 0.564. The van der Waals surface area contributed by atoms with E-state index in [0.29, 0.717) is 17.0 Å². The number of aryl methyl sites for hydroxylation is 1. The van der Waals surface area contributed by atoms with Crippen LogP contribution in [0.5, 0.6) is 0 Å². The van der Waals surface area contributed by atoms with Crippen LogP contribution in [0.15, 0.2) is 30.6 Å². The maximum atomic E-state index is 8.88. The van der Waals surface area contributed by atoms with Gasteiger partial charge in [0.25, 0.3) is 0 Å². The lowest BCUT2D eigenvalue weighted by Crippen LogP contribution is -1.93. The van der Waals surface area contributed by atoms with Crippen LogP contribution < -0.4 is 0 Å². The van der Waals surface area contributed by atoms with Gasteiger partial charge in [-0.15, -0.1) is 10.2 Å². The third-order valence-corrected chi connectivity index (χ3v) is 2.47. The van der Waals surface area contributed by atoms with E-state index in [0.717, 1.165) is 5.69 Å². The van der Waals surface area contributed by atoms with Crippen molar-refractivity contribution in [3.8, 4) is 17.6 Å². The van der Waals surface area contributed by atoms with E-state index >= 15 is 0 Å². The van der Waals surface area contributed by atoms with Gasteiger partial charge >= 0.3 is 0 Å². The van der Waals surface area contributed by atoms with Crippen LogP contribution in [0.1, 0.15) is 5.56 Å². The lowest BCUT2D eigenvalue weighted by Gasteiger charge is -1.96. The molecule has 0 aromatic carbocycles. The van der Waals surface area contributed by atoms with Crippen molar-refractivity contribution in [3.05, 3.63) is 36.2 Å². The van der Waals surface area contributed by atoms with Crippen LogP contribution in [0, 0.1) is 11.3 Å². The van der Waals surface area contributed by atoms with Gasteiger partial charge in [-0.2, -0.15) is 10.4 Å². The molecule has 0 atom stereocenters. The molecule has 3 rings (SSSR count). The van der Waals surface area contributed by atoms with E-state index in [4.69, 9.17) is 5.26 Å². The third kappa shape index (κ3) is 1.45. The van der Waals surface area contributed by atoms with E-state index in [1.807, 2.05) is 19.3 Å². The van der Waals surface area contributed by atoms with E-state index < -0.39 is 0 Å². The van der Waals surface area contributed by atoms with E-state index in [1.54, 1.807) is 27.4 Å². The number of nitriles is 1. The number of rotatable bonds is 1. The van der Waals surface area contributed by atoms with Gasteiger partial charge in [0.05, 0.1) is 5.56 Å². The molecule has 0 saturated heterocycles. The molecular formula is C11H8N6. The van der Waals surface area contributed by atoms with E-state index in [2.05, 4.69) is 21.4 Å². The Kier molecular flexibility index (Phi) is 1.92. The fourth-order valence-corrected chi connectivity index (χ4v) is 1.67. The Bertz CT molecular complexity index is 730. The van der Waals surface area contributed by atoms with Crippen LogP contribution in [0.3, 0.4) is 0 Å². The molecule has 0 aliphatic heterocycles. The van der Waals surface area contributed by atoms with E-state index in [1.165, 1.54) is 0 Å². The molecule has 0 spiro atoms. The van der Waals surface area contributed by atoms with Crippen molar-refractivity contribution in [2.24, 2.45) is 7.05 Å². The predicted molar refractivity (Wildman–Crippen MR) is 59.9 cm³/mol. The Morgan fingerprint density at radius 3 is 2.82 bits per heavy atom. The standard InChI is InChI=1S/C11H8N6/c1-16-5-4-9(15-16)11-14-13-10-3-2-8(6-12)7-17(10)11/h2-5,7H,1H3. The van der Waals surface area contributed by atoms with Gasteiger partial charge in [-0.3, -0.25) is 9.08 Å². The topological polar surface area (TPSA) is 71.8 Å². The number of fused-ring (bicyclic) bond motifs is 1. The zero-order valence-electron chi connectivity index (χ0n) is 9.07. The normalized spacial score (nSPS) is 10.6. The molecule has 0 amide bonds. The number of pyridine rings is 1. The Morgan fingerprint density at radius 2 is 2.12 bits per heavy atom. The molecule has 3 heterocycles. The number of aromatic nitrogens is 5. The molecule has 6 nitrogen and oxygen atoms in total. The summed E-state index contributed by atoms with van der Waals surface area (Å²) in [6, 6.07) is 7.42. The Labute approximate surface area is 96.7 Å². The van der Waals surface area contributed by atoms with Crippen LogP contribution in [0.25, 0.3) is 17.2 Å². The maximum Gasteiger partial charge on any atom is 0.188 e. The summed E-state index contributed by atoms with van der Waals surface area (Å²) in [6.07, 6.45) is 3.55. The summed E-state index contributed by atoms with van der Waals surface area (Å²) in [7, 11) is 1.84. The number of hydrogen-bond acceptors (Lipinski definition) is 4. The summed E-state index contributed by atoms with van der Waals surface area (Å²) in [5.74, 6) is 0.637. The molecule has 0 aliphatic carbocycles. The second kappa shape index (κ2) is 3.42. The zero-order chi connectivity index (χ0) is 11.8. The zero-order valence-corrected chi connectivity index (χ0v) is 9.07. The Hall–Kier alpha value is -2.68. The van der Waals surface area contributed by atoms with Crippen molar-refractivity contribution >= 4 is 5.65 Å². The Morgan fingerprint density at radius 1 is 1.24 bits per heavy atom. The molecule has 0 unspecified atom stereocenters. The highest BCUT2D eigenvalue weighted by molar-refractivity contribution is 5.55. The summed E-state index contributed by atoms with van der Waals surface area (Å²) < 4.78 is 3.46. The summed E-state index contributed by atoms with van der Waals surface area (Å²) >= 11 is 0. The highest BCUT2D eigenvalue weighted by Crippen LogP contribution is 2.16. The van der Waals surface area contributed by atoms with Crippen LogP contribution in [-0.2, 0) is 7.05 Å². The first kappa shape index (κ1) is 9.54. The van der Waals surface area contributed by atoms with Gasteiger partial charge in [-0.1, -0.05) is 0 Å². The molecule has 0 saturated carbocycles. The van der Waals surface area contributed by atoms with Crippen LogP contribution in [0.4, 0.5) is 0 Å². The minimum atomic E-state index is 0.564. The van der Waals surface area contributed by atoms with Gasteiger partial charge in [0, 0.05) is 19.4 Å². The summed E-state index contributed by atoms with van der Waals surface area (Å²) in [5.41, 5.74) is 1.99. The first-order valence-corrected chi connectivity index (χ1v) is 5.03. The van der Waals surface area contributed by atoms with Crippen molar-refractivity contribution in [2.45, 2.75) is 0 Å². The quantitative estimate of drug-likeness (QED) is 0.618. The SMILES string of the molecule is Cn1ccc(-c2nnc3ccc(C#N)cn23)n1. The predicted octanol–water partition coefficient (Wildman–Crippen LogP) is 1.00. The van der Waals surface area contributed by atoms with Gasteiger partial charge in [0.1, 0.15) is 11.8 Å². The van der Waals surface area contributed by atoms with Crippen LogP contribution in [-0.4, -0.2) is 24.4 Å². The number of nitrogens with zero attached hydrogens (tertiary/aromatic N) is 6. The maximum absolute atomic E-state index is 8.88. The molecule has 0 aliphatic rings. The second-order valence-corrected chi connectivity index (χ2v) is 3.66. The number of hydrogen-bond donors (Lipinski definition) is 0. The lowest BCUT2D eigenvalue weighted by molar-refractivity contribution is 0.768. The molecule has 82 valence electrons. The molecule has 0 radical (unpaired) electrons. The van der Waals surface area contributed by atoms with Crippen LogP contribution >= 0.6 is 0 Å². The van der Waals surface area contributed by atoms with Gasteiger partial charge in [0.2, 0.25) is 0 Å². The van der Waals surface area contributed by atoms with Crippen molar-refractivity contribution in [3.63, 3.8) is 0 Å². The van der Waals surface area contributed by atoms with Gasteiger partial charge in [-0.05, 0) is 18.2 Å². The Balaban J connectivity index is 2.27. The summed E-state index contributed by atoms with van der Waals surface area (Å²) in [5, 5.41) is 21.3. The summed E-state index contributed by atoms with van der Waals surface area (Å²) in [6.45, 7) is 0. The van der Waals surface area contributed by atoms with Crippen LogP contribution in [0.2, 0.25) is 0 Å². The van der Waals surface area contributed by atoms with E-state index in [9.17, 15) is 0 Å². The monoisotopic (exact) mass is 224 g/mol. The molecule has 0 fully saturated rings. The summed E-state index contributed by atoms with van der Waals surface area (Å²) in [4.78, 5) is 0. The van der Waals surface area contributed by atoms with Gasteiger partial charge in [-0.25, -0.2) is 0 Å². The van der Waals surface area contributed by atoms with Crippen molar-refractivity contribution < 1.29 is 0 Å². The molecule has 3 aromatic rings. The largest absolute Gasteiger partial charge is 0.280 e. The second-order valence-electron chi connectivity index (χ2n) is 3.66. The van der Waals surface area contributed by atoms with Gasteiger partial charge < -0.3 is 0 Å². The molecule has 0 bridgehead atoms. The van der Waals surface area contributed by atoms with E-state index in [-0.39, 0.29) is 0 Å². The highest BCUT2D eigenvalue weighted by atomic mass is 15.3. The minimum Gasteiger partial charge on any atom is -0.280 e. The fraction of sp³-hybridized carbons (Fsp3) is 0.0909. The molecule has 0 N–H and O–H groups in total. The molecular weight excluding hydrogens is 216 g/mol. The molecule has 3 aromatic heterocycles. The first-order valence-electron chi connectivity index (χ1n) is 5.03. The van der Waals surface area contributed by atoms with Gasteiger partial charge in [0.15, 0.2) is 11.5 Å². The average molecular weight is 224 g/mol. The fourth-order valence-electron chi connectivity index (χ4n) is 1.67. The molecule has 17 heavy (non-hydrogen) atoms. The molecule has 6 heteroatoms. The smallest absolute Gasteiger partial charge is 0.188 e. The highest BCUT2D eigenvalue weighted by Gasteiger charge is 2.10. The lowest BCUT2D eigenvalue weighted by atomic mass is 10.3. The van der Waals surface area contributed by atoms with Crippen molar-refractivity contribution in [2.75, 3.05) is 0 Å².